The summed E-state index contributed by atoms with van der Waals surface area (Å²) in [6.45, 7) is 0. The van der Waals surface area contributed by atoms with Crippen molar-refractivity contribution in [1.82, 2.24) is 5.48 Å². The van der Waals surface area contributed by atoms with Gasteiger partial charge in [0, 0.05) is 6.04 Å². The molecule has 0 aliphatic heterocycles. The van der Waals surface area contributed by atoms with E-state index in [0.717, 1.165) is 0 Å². The Hall–Kier alpha value is -0.0800. The molecule has 19 heavy (non-hydrogen) atoms. The topological polar surface area (TPSA) is 21.3 Å². The summed E-state index contributed by atoms with van der Waals surface area (Å²) < 4.78 is 0. The van der Waals surface area contributed by atoms with Crippen molar-refractivity contribution in [2.75, 3.05) is 0 Å². The van der Waals surface area contributed by atoms with Crippen molar-refractivity contribution in [1.29, 1.82) is 0 Å². The minimum atomic E-state index is 0.501. The van der Waals surface area contributed by atoms with Crippen LogP contribution in [0.4, 0.5) is 0 Å². The molecule has 2 rings (SSSR count). The van der Waals surface area contributed by atoms with Crippen LogP contribution in [0.25, 0.3) is 0 Å². The van der Waals surface area contributed by atoms with Gasteiger partial charge in [0.15, 0.2) is 0 Å². The molecule has 112 valence electrons. The van der Waals surface area contributed by atoms with E-state index < -0.39 is 0 Å². The Labute approximate surface area is 119 Å². The Balaban J connectivity index is 1.65. The largest absolute Gasteiger partial charge is 0.298 e. The zero-order valence-corrected chi connectivity index (χ0v) is 12.7. The van der Waals surface area contributed by atoms with E-state index in [1.807, 2.05) is 0 Å². The molecule has 0 atom stereocenters. The number of hydrogen-bond donors (Lipinski definition) is 1. The zero-order valence-electron chi connectivity index (χ0n) is 12.7. The van der Waals surface area contributed by atoms with Crippen molar-refractivity contribution >= 4 is 0 Å². The molecule has 0 amide bonds. The number of rotatable bonds is 3. The summed E-state index contributed by atoms with van der Waals surface area (Å²) in [5.74, 6) is 0. The average Bonchev–Trinajstić information content (AvgIpc) is 2.91. The minimum Gasteiger partial charge on any atom is -0.298 e. The fourth-order valence-corrected chi connectivity index (χ4v) is 3.48. The first-order valence-electron chi connectivity index (χ1n) is 8.86. The summed E-state index contributed by atoms with van der Waals surface area (Å²) in [4.78, 5) is 5.92. The predicted molar refractivity (Wildman–Crippen MR) is 81.1 cm³/mol. The molecule has 0 radical (unpaired) electrons. The van der Waals surface area contributed by atoms with Crippen molar-refractivity contribution in [3.8, 4) is 0 Å². The van der Waals surface area contributed by atoms with E-state index in [2.05, 4.69) is 5.48 Å². The molecule has 1 N–H and O–H groups in total. The van der Waals surface area contributed by atoms with Gasteiger partial charge in [-0.25, -0.2) is 0 Å². The van der Waals surface area contributed by atoms with Crippen LogP contribution in [-0.2, 0) is 4.84 Å². The molecule has 0 aromatic rings. The molecule has 2 saturated carbocycles. The molecule has 0 bridgehead atoms. The molecule has 0 unspecified atom stereocenters. The second-order valence-corrected chi connectivity index (χ2v) is 6.60. The van der Waals surface area contributed by atoms with Gasteiger partial charge in [-0.05, 0) is 25.7 Å². The van der Waals surface area contributed by atoms with Gasteiger partial charge in [-0.3, -0.25) is 4.84 Å². The maximum absolute atomic E-state index is 5.92. The first-order chi connectivity index (χ1) is 9.45. The normalized spacial score (nSPS) is 25.9. The minimum absolute atomic E-state index is 0.501. The summed E-state index contributed by atoms with van der Waals surface area (Å²) in [6.07, 6.45) is 21.2. The molecule has 2 nitrogen and oxygen atoms in total. The molecular formula is C17H33NO. The lowest BCUT2D eigenvalue weighted by atomic mass is 9.98. The first kappa shape index (κ1) is 15.3. The first-order valence-corrected chi connectivity index (χ1v) is 8.86. The van der Waals surface area contributed by atoms with Gasteiger partial charge >= 0.3 is 0 Å². The van der Waals surface area contributed by atoms with Gasteiger partial charge in [-0.15, -0.1) is 0 Å². The smallest absolute Gasteiger partial charge is 0.0790 e. The Morgan fingerprint density at radius 1 is 0.526 bits per heavy atom. The van der Waals surface area contributed by atoms with Gasteiger partial charge in [0.2, 0.25) is 0 Å². The Bertz CT molecular complexity index is 201. The standard InChI is InChI=1S/C17H33NO/c1-2-4-6-8-12-16(13-9-7-5-3-1)18-19-17-14-10-11-15-17/h16-18H,1-15H2. The maximum Gasteiger partial charge on any atom is 0.0790 e. The molecule has 0 heterocycles. The molecule has 2 fully saturated rings. The van der Waals surface area contributed by atoms with Crippen molar-refractivity contribution in [3.05, 3.63) is 0 Å². The van der Waals surface area contributed by atoms with Gasteiger partial charge in [-0.1, -0.05) is 70.6 Å². The molecule has 2 aliphatic carbocycles. The Morgan fingerprint density at radius 2 is 0.947 bits per heavy atom. The molecule has 2 heteroatoms. The van der Waals surface area contributed by atoms with Crippen LogP contribution in [0.5, 0.6) is 0 Å². The fraction of sp³-hybridized carbons (Fsp3) is 1.00. The van der Waals surface area contributed by atoms with E-state index in [1.54, 1.807) is 0 Å². The Morgan fingerprint density at radius 3 is 1.47 bits per heavy atom. The third-order valence-electron chi connectivity index (χ3n) is 4.81. The lowest BCUT2D eigenvalue weighted by Crippen LogP contribution is -2.32. The van der Waals surface area contributed by atoms with Gasteiger partial charge < -0.3 is 0 Å². The van der Waals surface area contributed by atoms with Crippen LogP contribution in [0.3, 0.4) is 0 Å². The van der Waals surface area contributed by atoms with Crippen molar-refractivity contribution in [2.45, 2.75) is 108 Å². The van der Waals surface area contributed by atoms with Gasteiger partial charge in [0.1, 0.15) is 0 Å². The van der Waals surface area contributed by atoms with E-state index in [4.69, 9.17) is 4.84 Å². The van der Waals surface area contributed by atoms with Crippen LogP contribution in [0.1, 0.15) is 96.3 Å². The van der Waals surface area contributed by atoms with E-state index in [1.165, 1.54) is 96.3 Å². The number of hydroxylamine groups is 1. The third-order valence-corrected chi connectivity index (χ3v) is 4.81. The number of nitrogens with one attached hydrogen (secondary N) is 1. The highest BCUT2D eigenvalue weighted by Gasteiger charge is 2.17. The van der Waals surface area contributed by atoms with Crippen LogP contribution < -0.4 is 5.48 Å². The van der Waals surface area contributed by atoms with Crippen LogP contribution >= 0.6 is 0 Å². The summed E-state index contributed by atoms with van der Waals surface area (Å²) >= 11 is 0. The van der Waals surface area contributed by atoms with E-state index in [9.17, 15) is 0 Å². The van der Waals surface area contributed by atoms with Crippen molar-refractivity contribution < 1.29 is 4.84 Å². The predicted octanol–water partition coefficient (Wildman–Crippen LogP) is 5.12. The number of hydrogen-bond acceptors (Lipinski definition) is 2. The highest BCUT2D eigenvalue weighted by molar-refractivity contribution is 4.68. The fourth-order valence-electron chi connectivity index (χ4n) is 3.48. The van der Waals surface area contributed by atoms with Gasteiger partial charge in [0.25, 0.3) is 0 Å². The van der Waals surface area contributed by atoms with Gasteiger partial charge in [0.05, 0.1) is 6.10 Å². The summed E-state index contributed by atoms with van der Waals surface area (Å²) in [5.41, 5.74) is 3.42. The van der Waals surface area contributed by atoms with Crippen LogP contribution in [0.2, 0.25) is 0 Å². The monoisotopic (exact) mass is 267 g/mol. The molecule has 0 saturated heterocycles. The van der Waals surface area contributed by atoms with Crippen LogP contribution in [0.15, 0.2) is 0 Å². The SMILES string of the molecule is C1CCCCCC(NOC2CCCC2)CCCCC1. The lowest BCUT2D eigenvalue weighted by Gasteiger charge is -2.21. The molecule has 0 aromatic carbocycles. The summed E-state index contributed by atoms with van der Waals surface area (Å²) in [6, 6.07) is 0.611. The van der Waals surface area contributed by atoms with E-state index >= 15 is 0 Å². The van der Waals surface area contributed by atoms with E-state index in [-0.39, 0.29) is 0 Å². The summed E-state index contributed by atoms with van der Waals surface area (Å²) in [7, 11) is 0. The summed E-state index contributed by atoms with van der Waals surface area (Å²) in [5, 5.41) is 0. The van der Waals surface area contributed by atoms with E-state index in [0.29, 0.717) is 12.1 Å². The van der Waals surface area contributed by atoms with Gasteiger partial charge in [-0.2, -0.15) is 5.48 Å². The van der Waals surface area contributed by atoms with Crippen LogP contribution in [-0.4, -0.2) is 12.1 Å². The lowest BCUT2D eigenvalue weighted by molar-refractivity contribution is -0.0436. The van der Waals surface area contributed by atoms with Crippen molar-refractivity contribution in [2.24, 2.45) is 0 Å². The third kappa shape index (κ3) is 6.76. The quantitative estimate of drug-likeness (QED) is 0.716. The average molecular weight is 267 g/mol. The zero-order chi connectivity index (χ0) is 13.2. The molecular weight excluding hydrogens is 234 g/mol. The van der Waals surface area contributed by atoms with Crippen molar-refractivity contribution in [3.63, 3.8) is 0 Å². The van der Waals surface area contributed by atoms with Crippen LogP contribution in [0, 0.1) is 0 Å². The highest BCUT2D eigenvalue weighted by atomic mass is 16.7. The maximum atomic E-state index is 5.92. The molecule has 0 spiro atoms. The second-order valence-electron chi connectivity index (χ2n) is 6.60. The second kappa shape index (κ2) is 9.77. The molecule has 0 aromatic heterocycles. The highest BCUT2D eigenvalue weighted by Crippen LogP contribution is 2.21. The molecule has 2 aliphatic rings. The Kier molecular flexibility index (Phi) is 7.87.